The van der Waals surface area contributed by atoms with E-state index in [1.807, 2.05) is 6.07 Å². The van der Waals surface area contributed by atoms with Crippen LogP contribution in [0.5, 0.6) is 0 Å². The van der Waals surface area contributed by atoms with Crippen LogP contribution in [-0.4, -0.2) is 17.6 Å². The second-order valence-electron chi connectivity index (χ2n) is 2.67. The van der Waals surface area contributed by atoms with Crippen molar-refractivity contribution < 1.29 is 9.53 Å². The molecule has 1 unspecified atom stereocenters. The lowest BCUT2D eigenvalue weighted by Gasteiger charge is -2.08. The van der Waals surface area contributed by atoms with Gasteiger partial charge in [0.25, 0.3) is 0 Å². The molecule has 1 N–H and O–H groups in total. The molecule has 1 aromatic rings. The number of pyridine rings is 1. The Kier molecular flexibility index (Phi) is 2.18. The van der Waals surface area contributed by atoms with Crippen molar-refractivity contribution in [2.45, 2.75) is 6.10 Å². The molecule has 0 bridgehead atoms. The van der Waals surface area contributed by atoms with Crippen LogP contribution >= 0.6 is 15.9 Å². The molecule has 68 valence electrons. The number of ether oxygens (including phenoxy) is 1. The fourth-order valence-electron chi connectivity index (χ4n) is 1.21. The van der Waals surface area contributed by atoms with Gasteiger partial charge in [-0.05, 0) is 22.0 Å². The van der Waals surface area contributed by atoms with Gasteiger partial charge in [0.05, 0.1) is 6.54 Å². The number of aromatic nitrogens is 1. The van der Waals surface area contributed by atoms with Crippen LogP contribution < -0.4 is 5.32 Å². The minimum absolute atomic E-state index is 0.204. The van der Waals surface area contributed by atoms with Gasteiger partial charge < -0.3 is 10.1 Å². The highest BCUT2D eigenvalue weighted by Crippen LogP contribution is 2.26. The van der Waals surface area contributed by atoms with E-state index in [1.165, 1.54) is 0 Å². The third kappa shape index (κ3) is 1.65. The Bertz CT molecular complexity index is 343. The number of amides is 1. The minimum Gasteiger partial charge on any atom is -0.439 e. The molecule has 1 fully saturated rings. The van der Waals surface area contributed by atoms with Gasteiger partial charge in [-0.2, -0.15) is 0 Å². The largest absolute Gasteiger partial charge is 0.439 e. The number of alkyl carbamates (subject to hydrolysis) is 1. The van der Waals surface area contributed by atoms with Crippen LogP contribution in [0.4, 0.5) is 4.79 Å². The Morgan fingerprint density at radius 1 is 1.69 bits per heavy atom. The molecule has 1 aliphatic heterocycles. The molecule has 1 amide bonds. The highest BCUT2D eigenvalue weighted by Gasteiger charge is 2.25. The summed E-state index contributed by atoms with van der Waals surface area (Å²) in [6, 6.07) is 1.83. The van der Waals surface area contributed by atoms with Crippen LogP contribution in [0, 0.1) is 0 Å². The first-order chi connectivity index (χ1) is 6.27. The van der Waals surface area contributed by atoms with Gasteiger partial charge in [-0.25, -0.2) is 4.79 Å². The van der Waals surface area contributed by atoms with Crippen molar-refractivity contribution >= 4 is 22.0 Å². The molecule has 0 spiro atoms. The first kappa shape index (κ1) is 8.50. The molecule has 13 heavy (non-hydrogen) atoms. The predicted octanol–water partition coefficient (Wildman–Crippen LogP) is 1.62. The van der Waals surface area contributed by atoms with Gasteiger partial charge in [0.1, 0.15) is 6.10 Å². The monoisotopic (exact) mass is 242 g/mol. The van der Waals surface area contributed by atoms with Crippen molar-refractivity contribution in [1.82, 2.24) is 10.3 Å². The number of carbonyl (C=O) groups is 1. The summed E-state index contributed by atoms with van der Waals surface area (Å²) >= 11 is 3.34. The molecule has 1 aromatic heterocycles. The van der Waals surface area contributed by atoms with Crippen molar-refractivity contribution in [2.75, 3.05) is 6.54 Å². The molecule has 2 heterocycles. The average Bonchev–Trinajstić information content (AvgIpc) is 2.53. The van der Waals surface area contributed by atoms with E-state index in [1.54, 1.807) is 12.4 Å². The Morgan fingerprint density at radius 3 is 3.15 bits per heavy atom. The maximum absolute atomic E-state index is 10.8. The van der Waals surface area contributed by atoms with Crippen molar-refractivity contribution in [1.29, 1.82) is 0 Å². The van der Waals surface area contributed by atoms with Crippen LogP contribution in [0.25, 0.3) is 0 Å². The van der Waals surface area contributed by atoms with E-state index in [0.717, 1.165) is 10.0 Å². The number of hydrogen-bond acceptors (Lipinski definition) is 3. The van der Waals surface area contributed by atoms with Crippen LogP contribution in [0.1, 0.15) is 11.7 Å². The topological polar surface area (TPSA) is 51.2 Å². The standard InChI is InChI=1S/C8H7BrN2O2/c9-6-3-10-2-1-5(6)7-4-11-8(12)13-7/h1-3,7H,4H2,(H,11,12). The molecule has 2 rings (SSSR count). The van der Waals surface area contributed by atoms with Gasteiger partial charge in [-0.15, -0.1) is 0 Å². The van der Waals surface area contributed by atoms with E-state index >= 15 is 0 Å². The van der Waals surface area contributed by atoms with Crippen LogP contribution in [0.15, 0.2) is 22.9 Å². The van der Waals surface area contributed by atoms with E-state index in [9.17, 15) is 4.79 Å². The van der Waals surface area contributed by atoms with Crippen LogP contribution in [0.2, 0.25) is 0 Å². The molecular formula is C8H7BrN2O2. The van der Waals surface area contributed by atoms with Crippen LogP contribution in [0.3, 0.4) is 0 Å². The third-order valence-corrected chi connectivity index (χ3v) is 2.49. The molecule has 0 saturated carbocycles. The Labute approximate surface area is 83.4 Å². The van der Waals surface area contributed by atoms with E-state index in [-0.39, 0.29) is 12.2 Å². The summed E-state index contributed by atoms with van der Waals surface area (Å²) in [5.41, 5.74) is 0.938. The number of nitrogens with one attached hydrogen (secondary N) is 1. The quantitative estimate of drug-likeness (QED) is 0.815. The van der Waals surface area contributed by atoms with Gasteiger partial charge >= 0.3 is 6.09 Å². The van der Waals surface area contributed by atoms with Gasteiger partial charge in [-0.1, -0.05) is 0 Å². The van der Waals surface area contributed by atoms with Gasteiger partial charge in [0, 0.05) is 22.4 Å². The van der Waals surface area contributed by atoms with E-state index < -0.39 is 0 Å². The molecular weight excluding hydrogens is 236 g/mol. The van der Waals surface area contributed by atoms with Gasteiger partial charge in [0.15, 0.2) is 0 Å². The van der Waals surface area contributed by atoms with E-state index in [2.05, 4.69) is 26.2 Å². The third-order valence-electron chi connectivity index (χ3n) is 1.83. The first-order valence-corrected chi connectivity index (χ1v) is 4.60. The molecule has 1 aliphatic rings. The molecule has 5 heteroatoms. The Balaban J connectivity index is 2.26. The average molecular weight is 243 g/mol. The number of cyclic esters (lactones) is 1. The maximum atomic E-state index is 10.8. The summed E-state index contributed by atoms with van der Waals surface area (Å²) in [4.78, 5) is 14.7. The molecule has 0 radical (unpaired) electrons. The summed E-state index contributed by atoms with van der Waals surface area (Å²) in [5, 5.41) is 2.59. The zero-order valence-electron chi connectivity index (χ0n) is 6.66. The lowest BCUT2D eigenvalue weighted by Crippen LogP contribution is -2.12. The number of halogens is 1. The number of hydrogen-bond donors (Lipinski definition) is 1. The second kappa shape index (κ2) is 3.33. The Morgan fingerprint density at radius 2 is 2.54 bits per heavy atom. The number of nitrogens with zero attached hydrogens (tertiary/aromatic N) is 1. The minimum atomic E-state index is -0.367. The van der Waals surface area contributed by atoms with E-state index in [0.29, 0.717) is 6.54 Å². The highest BCUT2D eigenvalue weighted by atomic mass is 79.9. The summed E-state index contributed by atoms with van der Waals surface area (Å²) in [5.74, 6) is 0. The smallest absolute Gasteiger partial charge is 0.407 e. The second-order valence-corrected chi connectivity index (χ2v) is 3.53. The zero-order valence-corrected chi connectivity index (χ0v) is 8.24. The number of rotatable bonds is 1. The normalized spacial score (nSPS) is 21.0. The summed E-state index contributed by atoms with van der Waals surface area (Å²) in [6.07, 6.45) is 2.78. The summed E-state index contributed by atoms with van der Waals surface area (Å²) in [7, 11) is 0. The summed E-state index contributed by atoms with van der Waals surface area (Å²) in [6.45, 7) is 0.515. The highest BCUT2D eigenvalue weighted by molar-refractivity contribution is 9.10. The predicted molar refractivity (Wildman–Crippen MR) is 49.2 cm³/mol. The molecule has 4 nitrogen and oxygen atoms in total. The van der Waals surface area contributed by atoms with Gasteiger partial charge in [-0.3, -0.25) is 4.98 Å². The Hall–Kier alpha value is -1.10. The SMILES string of the molecule is O=C1NCC(c2ccncc2Br)O1. The van der Waals surface area contributed by atoms with Crippen molar-refractivity contribution in [3.63, 3.8) is 0 Å². The first-order valence-electron chi connectivity index (χ1n) is 3.81. The molecule has 1 saturated heterocycles. The van der Waals surface area contributed by atoms with Gasteiger partial charge in [0.2, 0.25) is 0 Å². The maximum Gasteiger partial charge on any atom is 0.407 e. The number of carbonyl (C=O) groups excluding carboxylic acids is 1. The van der Waals surface area contributed by atoms with Crippen molar-refractivity contribution in [3.8, 4) is 0 Å². The molecule has 0 aliphatic carbocycles. The lowest BCUT2D eigenvalue weighted by atomic mass is 10.1. The molecule has 0 aromatic carbocycles. The lowest BCUT2D eigenvalue weighted by molar-refractivity contribution is 0.140. The summed E-state index contributed by atoms with van der Waals surface area (Å²) < 4.78 is 5.88. The van der Waals surface area contributed by atoms with Crippen LogP contribution in [-0.2, 0) is 4.74 Å². The van der Waals surface area contributed by atoms with Crippen molar-refractivity contribution in [2.24, 2.45) is 0 Å². The fraction of sp³-hybridized carbons (Fsp3) is 0.250. The zero-order chi connectivity index (χ0) is 9.26. The van der Waals surface area contributed by atoms with Crippen molar-refractivity contribution in [3.05, 3.63) is 28.5 Å². The fourth-order valence-corrected chi connectivity index (χ4v) is 1.71. The molecule has 1 atom stereocenters. The van der Waals surface area contributed by atoms with E-state index in [4.69, 9.17) is 4.74 Å².